The lowest BCUT2D eigenvalue weighted by molar-refractivity contribution is -0.128. The summed E-state index contributed by atoms with van der Waals surface area (Å²) in [5, 5.41) is 23.3. The molecule has 9 heteroatoms. The fourth-order valence-electron chi connectivity index (χ4n) is 3.84. The molecule has 1 aliphatic rings. The average Bonchev–Trinajstić information content (AvgIpc) is 3.40. The minimum absolute atomic E-state index is 0.0738. The molecule has 1 aliphatic heterocycles. The number of rotatable bonds is 7. The van der Waals surface area contributed by atoms with E-state index in [1.165, 1.54) is 6.08 Å². The van der Waals surface area contributed by atoms with Crippen molar-refractivity contribution in [2.45, 2.75) is 19.1 Å². The number of anilines is 2. The summed E-state index contributed by atoms with van der Waals surface area (Å²) in [6.45, 7) is 4.70. The van der Waals surface area contributed by atoms with Crippen LogP contribution in [0.2, 0.25) is 0 Å². The zero-order valence-corrected chi connectivity index (χ0v) is 18.1. The standard InChI is InChI=1S/C24H26N6O3/c1-2-22(31)30-14-4-5-16(15-30)23(32)26-17-8-10-18(11-9-17)27-24(33)21-7-3-6-19(28-21)20-12-13-25-29-20/h2-3,6-13,16,23,26,32H,1,4-5,14-15H2,(H,25,29)(H,27,33). The average molecular weight is 447 g/mol. The first-order valence-electron chi connectivity index (χ1n) is 10.8. The monoisotopic (exact) mass is 446 g/mol. The third kappa shape index (κ3) is 5.45. The van der Waals surface area contributed by atoms with E-state index < -0.39 is 6.23 Å². The van der Waals surface area contributed by atoms with Crippen LogP contribution in [-0.2, 0) is 4.79 Å². The Labute approximate surface area is 191 Å². The highest BCUT2D eigenvalue weighted by Crippen LogP contribution is 2.23. The first-order chi connectivity index (χ1) is 16.0. The molecule has 33 heavy (non-hydrogen) atoms. The Balaban J connectivity index is 1.35. The molecule has 170 valence electrons. The molecule has 3 heterocycles. The molecule has 2 unspecified atom stereocenters. The summed E-state index contributed by atoms with van der Waals surface area (Å²) in [5.41, 5.74) is 2.97. The second-order valence-corrected chi connectivity index (χ2v) is 7.89. The number of carbonyl (C=O) groups is 2. The normalized spacial score (nSPS) is 16.6. The maximum absolute atomic E-state index is 12.6. The summed E-state index contributed by atoms with van der Waals surface area (Å²) in [7, 11) is 0. The lowest BCUT2D eigenvalue weighted by atomic mass is 9.96. The quantitative estimate of drug-likeness (QED) is 0.327. The number of nitrogens with one attached hydrogen (secondary N) is 3. The third-order valence-corrected chi connectivity index (χ3v) is 5.61. The fraction of sp³-hybridized carbons (Fsp3) is 0.250. The minimum Gasteiger partial charge on any atom is -0.373 e. The Morgan fingerprint density at radius 2 is 1.97 bits per heavy atom. The molecule has 4 rings (SSSR count). The molecular weight excluding hydrogens is 420 g/mol. The zero-order chi connectivity index (χ0) is 23.2. The molecule has 4 N–H and O–H groups in total. The van der Waals surface area contributed by atoms with Gasteiger partial charge in [0.2, 0.25) is 5.91 Å². The molecule has 1 fully saturated rings. The van der Waals surface area contributed by atoms with Gasteiger partial charge in [0.25, 0.3) is 5.91 Å². The van der Waals surface area contributed by atoms with Crippen LogP contribution in [0.5, 0.6) is 0 Å². The van der Waals surface area contributed by atoms with E-state index in [0.717, 1.165) is 18.5 Å². The van der Waals surface area contributed by atoms with E-state index in [4.69, 9.17) is 0 Å². The topological polar surface area (TPSA) is 123 Å². The summed E-state index contributed by atoms with van der Waals surface area (Å²) in [5.74, 6) is -0.516. The molecule has 3 aromatic rings. The largest absolute Gasteiger partial charge is 0.373 e. The lowest BCUT2D eigenvalue weighted by Gasteiger charge is -2.35. The highest BCUT2D eigenvalue weighted by atomic mass is 16.3. The maximum Gasteiger partial charge on any atom is 0.274 e. The first kappa shape index (κ1) is 22.2. The van der Waals surface area contributed by atoms with Crippen molar-refractivity contribution < 1.29 is 14.7 Å². The van der Waals surface area contributed by atoms with Gasteiger partial charge in [0.15, 0.2) is 0 Å². The molecule has 9 nitrogen and oxygen atoms in total. The van der Waals surface area contributed by atoms with Crippen molar-refractivity contribution in [3.63, 3.8) is 0 Å². The number of aromatic nitrogens is 3. The van der Waals surface area contributed by atoms with Gasteiger partial charge in [0.05, 0.1) is 11.4 Å². The number of benzene rings is 1. The van der Waals surface area contributed by atoms with Crippen molar-refractivity contribution in [3.05, 3.63) is 73.1 Å². The molecule has 1 saturated heterocycles. The smallest absolute Gasteiger partial charge is 0.274 e. The van der Waals surface area contributed by atoms with E-state index in [-0.39, 0.29) is 23.4 Å². The van der Waals surface area contributed by atoms with Gasteiger partial charge in [-0.15, -0.1) is 0 Å². The number of aliphatic hydroxyl groups is 1. The van der Waals surface area contributed by atoms with Crippen LogP contribution in [0, 0.1) is 5.92 Å². The van der Waals surface area contributed by atoms with Gasteiger partial charge in [-0.1, -0.05) is 12.6 Å². The van der Waals surface area contributed by atoms with E-state index in [9.17, 15) is 14.7 Å². The molecule has 0 aliphatic carbocycles. The number of hydrogen-bond acceptors (Lipinski definition) is 6. The van der Waals surface area contributed by atoms with Gasteiger partial charge in [0, 0.05) is 36.6 Å². The van der Waals surface area contributed by atoms with Crippen LogP contribution in [0.3, 0.4) is 0 Å². The fourth-order valence-corrected chi connectivity index (χ4v) is 3.84. The number of likely N-dealkylation sites (tertiary alicyclic amines) is 1. The van der Waals surface area contributed by atoms with Gasteiger partial charge in [-0.3, -0.25) is 14.7 Å². The van der Waals surface area contributed by atoms with E-state index in [1.54, 1.807) is 59.6 Å². The maximum atomic E-state index is 12.6. The molecule has 2 aromatic heterocycles. The van der Waals surface area contributed by atoms with Crippen LogP contribution in [0.15, 0.2) is 67.4 Å². The summed E-state index contributed by atoms with van der Waals surface area (Å²) in [6.07, 6.45) is 3.80. The minimum atomic E-state index is -0.791. The molecule has 2 atom stereocenters. The van der Waals surface area contributed by atoms with Crippen LogP contribution in [-0.4, -0.2) is 56.3 Å². The van der Waals surface area contributed by atoms with Crippen molar-refractivity contribution in [1.29, 1.82) is 0 Å². The Morgan fingerprint density at radius 1 is 1.18 bits per heavy atom. The Bertz CT molecular complexity index is 1110. The van der Waals surface area contributed by atoms with Gasteiger partial charge >= 0.3 is 0 Å². The molecule has 0 spiro atoms. The van der Waals surface area contributed by atoms with Gasteiger partial charge < -0.3 is 20.6 Å². The first-order valence-corrected chi connectivity index (χ1v) is 10.8. The number of amides is 2. The van der Waals surface area contributed by atoms with Gasteiger partial charge in [-0.05, 0) is 61.4 Å². The van der Waals surface area contributed by atoms with E-state index in [0.29, 0.717) is 30.2 Å². The number of hydrogen-bond donors (Lipinski definition) is 4. The molecule has 0 saturated carbocycles. The molecule has 0 radical (unpaired) electrons. The molecule has 2 amide bonds. The molecular formula is C24H26N6O3. The Hall–Kier alpha value is -3.98. The van der Waals surface area contributed by atoms with Crippen molar-refractivity contribution >= 4 is 23.2 Å². The van der Waals surface area contributed by atoms with Gasteiger partial charge in [0.1, 0.15) is 11.9 Å². The van der Waals surface area contributed by atoms with Crippen LogP contribution < -0.4 is 10.6 Å². The molecule has 1 aromatic carbocycles. The van der Waals surface area contributed by atoms with E-state index in [1.807, 2.05) is 0 Å². The number of aliphatic hydroxyl groups excluding tert-OH is 1. The van der Waals surface area contributed by atoms with Gasteiger partial charge in [-0.25, -0.2) is 4.98 Å². The van der Waals surface area contributed by atoms with Gasteiger partial charge in [-0.2, -0.15) is 5.10 Å². The second-order valence-electron chi connectivity index (χ2n) is 7.89. The predicted molar refractivity (Wildman–Crippen MR) is 125 cm³/mol. The number of carbonyl (C=O) groups excluding carboxylic acids is 2. The third-order valence-electron chi connectivity index (χ3n) is 5.61. The number of H-pyrrole nitrogens is 1. The SMILES string of the molecule is C=CC(=O)N1CCCC(C(O)Nc2ccc(NC(=O)c3cccc(-c4ccn[nH]4)n3)cc2)C1. The van der Waals surface area contributed by atoms with Crippen LogP contribution in [0.25, 0.3) is 11.4 Å². The highest BCUT2D eigenvalue weighted by molar-refractivity contribution is 6.03. The summed E-state index contributed by atoms with van der Waals surface area (Å²) >= 11 is 0. The van der Waals surface area contributed by atoms with Crippen LogP contribution >= 0.6 is 0 Å². The number of pyridine rings is 1. The zero-order valence-electron chi connectivity index (χ0n) is 18.1. The number of piperidine rings is 1. The lowest BCUT2D eigenvalue weighted by Crippen LogP contribution is -2.44. The summed E-state index contributed by atoms with van der Waals surface area (Å²) in [6, 6.07) is 14.1. The predicted octanol–water partition coefficient (Wildman–Crippen LogP) is 2.88. The Kier molecular flexibility index (Phi) is 6.80. The van der Waals surface area contributed by atoms with Crippen molar-refractivity contribution in [3.8, 4) is 11.4 Å². The number of aromatic amines is 1. The summed E-state index contributed by atoms with van der Waals surface area (Å²) in [4.78, 5) is 30.6. The van der Waals surface area contributed by atoms with Crippen molar-refractivity contribution in [2.75, 3.05) is 23.7 Å². The second kappa shape index (κ2) is 10.1. The van der Waals surface area contributed by atoms with E-state index >= 15 is 0 Å². The van der Waals surface area contributed by atoms with Crippen LogP contribution in [0.4, 0.5) is 11.4 Å². The van der Waals surface area contributed by atoms with E-state index in [2.05, 4.69) is 32.4 Å². The summed E-state index contributed by atoms with van der Waals surface area (Å²) < 4.78 is 0. The number of nitrogens with zero attached hydrogens (tertiary/aromatic N) is 3. The highest BCUT2D eigenvalue weighted by Gasteiger charge is 2.27. The molecule has 0 bridgehead atoms. The van der Waals surface area contributed by atoms with Crippen molar-refractivity contribution in [1.82, 2.24) is 20.1 Å². The van der Waals surface area contributed by atoms with Crippen molar-refractivity contribution in [2.24, 2.45) is 5.92 Å². The van der Waals surface area contributed by atoms with Crippen LogP contribution in [0.1, 0.15) is 23.3 Å². The Morgan fingerprint density at radius 3 is 2.70 bits per heavy atom.